The Bertz CT molecular complexity index is 281. The van der Waals surface area contributed by atoms with Gasteiger partial charge in [0.25, 0.3) is 0 Å². The van der Waals surface area contributed by atoms with Gasteiger partial charge in [-0.15, -0.1) is 0 Å². The van der Waals surface area contributed by atoms with E-state index in [2.05, 4.69) is 4.98 Å². The summed E-state index contributed by atoms with van der Waals surface area (Å²) in [6, 6.07) is 3.61. The van der Waals surface area contributed by atoms with Crippen molar-refractivity contribution in [1.29, 1.82) is 0 Å². The molecule has 4 heteroatoms. The topological polar surface area (TPSA) is 42.4 Å². The van der Waals surface area contributed by atoms with Crippen molar-refractivity contribution in [2.75, 3.05) is 19.1 Å². The lowest BCUT2D eigenvalue weighted by molar-refractivity contribution is 0.165. The Labute approximate surface area is 88.5 Å². The third kappa shape index (κ3) is 2.89. The van der Waals surface area contributed by atoms with Gasteiger partial charge in [0.15, 0.2) is 0 Å². The van der Waals surface area contributed by atoms with Crippen molar-refractivity contribution in [3.8, 4) is 5.75 Å². The van der Waals surface area contributed by atoms with E-state index in [1.807, 2.05) is 12.3 Å². The second kappa shape index (κ2) is 5.88. The van der Waals surface area contributed by atoms with Crippen LogP contribution < -0.4 is 4.74 Å². The van der Waals surface area contributed by atoms with Crippen LogP contribution in [0.3, 0.4) is 0 Å². The van der Waals surface area contributed by atoms with Crippen molar-refractivity contribution in [2.24, 2.45) is 0 Å². The highest BCUT2D eigenvalue weighted by Crippen LogP contribution is 2.24. The first-order valence-corrected chi connectivity index (χ1v) is 5.85. The maximum atomic E-state index is 9.81. The number of methoxy groups -OCH3 is 1. The summed E-state index contributed by atoms with van der Waals surface area (Å²) in [7, 11) is 1.59. The number of pyridine rings is 1. The highest BCUT2D eigenvalue weighted by molar-refractivity contribution is 7.98. The van der Waals surface area contributed by atoms with Gasteiger partial charge in [-0.3, -0.25) is 4.98 Å². The molecule has 0 saturated carbocycles. The Morgan fingerprint density at radius 3 is 3.07 bits per heavy atom. The van der Waals surface area contributed by atoms with E-state index in [1.165, 1.54) is 0 Å². The van der Waals surface area contributed by atoms with Gasteiger partial charge in [-0.25, -0.2) is 0 Å². The van der Waals surface area contributed by atoms with Crippen LogP contribution in [0.1, 0.15) is 18.2 Å². The number of aromatic nitrogens is 1. The fourth-order valence-corrected chi connectivity index (χ4v) is 1.65. The Kier molecular flexibility index (Phi) is 4.76. The fourth-order valence-electron chi connectivity index (χ4n) is 1.19. The van der Waals surface area contributed by atoms with Crippen LogP contribution in [0.5, 0.6) is 5.75 Å². The standard InChI is InChI=1S/C10H15NO2S/c1-13-9-4-3-6-11-10(9)8(12)5-7-14-2/h3-4,6,8,12H,5,7H2,1-2H3. The molecular formula is C10H15NO2S. The van der Waals surface area contributed by atoms with Gasteiger partial charge < -0.3 is 9.84 Å². The molecule has 14 heavy (non-hydrogen) atoms. The minimum atomic E-state index is -0.529. The predicted octanol–water partition coefficient (Wildman–Crippen LogP) is 1.88. The van der Waals surface area contributed by atoms with Crippen molar-refractivity contribution < 1.29 is 9.84 Å². The average molecular weight is 213 g/mol. The SMILES string of the molecule is COc1cccnc1C(O)CCSC. The number of aliphatic hydroxyl groups is 1. The third-order valence-corrected chi connectivity index (χ3v) is 2.57. The van der Waals surface area contributed by atoms with Crippen LogP contribution >= 0.6 is 11.8 Å². The van der Waals surface area contributed by atoms with E-state index >= 15 is 0 Å². The summed E-state index contributed by atoms with van der Waals surface area (Å²) in [5.74, 6) is 1.57. The van der Waals surface area contributed by atoms with E-state index < -0.39 is 6.10 Å². The molecule has 1 aromatic rings. The molecule has 3 nitrogen and oxygen atoms in total. The van der Waals surface area contributed by atoms with Crippen LogP contribution in [-0.4, -0.2) is 29.2 Å². The molecule has 0 amide bonds. The molecule has 0 saturated heterocycles. The third-order valence-electron chi connectivity index (χ3n) is 1.93. The van der Waals surface area contributed by atoms with Gasteiger partial charge in [0.1, 0.15) is 17.5 Å². The smallest absolute Gasteiger partial charge is 0.143 e. The molecular weight excluding hydrogens is 198 g/mol. The van der Waals surface area contributed by atoms with E-state index in [4.69, 9.17) is 4.74 Å². The molecule has 0 aliphatic carbocycles. The van der Waals surface area contributed by atoms with Gasteiger partial charge in [-0.1, -0.05) is 0 Å². The van der Waals surface area contributed by atoms with E-state index in [0.717, 1.165) is 5.75 Å². The Morgan fingerprint density at radius 1 is 1.64 bits per heavy atom. The van der Waals surface area contributed by atoms with Crippen molar-refractivity contribution in [3.63, 3.8) is 0 Å². The first-order valence-electron chi connectivity index (χ1n) is 4.45. The molecule has 0 aliphatic rings. The van der Waals surface area contributed by atoms with Crippen LogP contribution in [-0.2, 0) is 0 Å². The quantitative estimate of drug-likeness (QED) is 0.811. The van der Waals surface area contributed by atoms with E-state index in [0.29, 0.717) is 17.9 Å². The monoisotopic (exact) mass is 213 g/mol. The lowest BCUT2D eigenvalue weighted by atomic mass is 10.1. The Hall–Kier alpha value is -0.740. The lowest BCUT2D eigenvalue weighted by Gasteiger charge is -2.12. The molecule has 1 aromatic heterocycles. The number of hydrogen-bond donors (Lipinski definition) is 1. The molecule has 0 radical (unpaired) electrons. The number of ether oxygens (including phenoxy) is 1. The van der Waals surface area contributed by atoms with Gasteiger partial charge >= 0.3 is 0 Å². The average Bonchev–Trinajstić information content (AvgIpc) is 2.25. The van der Waals surface area contributed by atoms with E-state index in [9.17, 15) is 5.11 Å². The molecule has 1 N–H and O–H groups in total. The van der Waals surface area contributed by atoms with Gasteiger partial charge in [-0.05, 0) is 30.6 Å². The number of nitrogens with zero attached hydrogens (tertiary/aromatic N) is 1. The van der Waals surface area contributed by atoms with Crippen molar-refractivity contribution in [2.45, 2.75) is 12.5 Å². The number of hydrogen-bond acceptors (Lipinski definition) is 4. The van der Waals surface area contributed by atoms with E-state index in [-0.39, 0.29) is 0 Å². The zero-order valence-electron chi connectivity index (χ0n) is 8.43. The molecule has 0 fully saturated rings. The summed E-state index contributed by atoms with van der Waals surface area (Å²) in [5, 5.41) is 9.81. The van der Waals surface area contributed by atoms with Crippen LogP contribution in [0.15, 0.2) is 18.3 Å². The van der Waals surface area contributed by atoms with Crippen LogP contribution in [0.2, 0.25) is 0 Å². The Morgan fingerprint density at radius 2 is 2.43 bits per heavy atom. The lowest BCUT2D eigenvalue weighted by Crippen LogP contribution is -2.04. The molecule has 1 rings (SSSR count). The summed E-state index contributed by atoms with van der Waals surface area (Å²) in [6.07, 6.45) is 3.86. The first-order chi connectivity index (χ1) is 6.79. The normalized spacial score (nSPS) is 12.5. The summed E-state index contributed by atoms with van der Waals surface area (Å²) in [5.41, 5.74) is 0.629. The molecule has 1 heterocycles. The van der Waals surface area contributed by atoms with Gasteiger partial charge in [-0.2, -0.15) is 11.8 Å². The van der Waals surface area contributed by atoms with Crippen molar-refractivity contribution in [1.82, 2.24) is 4.98 Å². The predicted molar refractivity (Wildman–Crippen MR) is 58.7 cm³/mol. The fraction of sp³-hybridized carbons (Fsp3) is 0.500. The largest absolute Gasteiger partial charge is 0.495 e. The first kappa shape index (κ1) is 11.3. The second-order valence-corrected chi connectivity index (χ2v) is 3.87. The number of aliphatic hydroxyl groups excluding tert-OH is 1. The molecule has 1 atom stereocenters. The minimum absolute atomic E-state index is 0.529. The summed E-state index contributed by atoms with van der Waals surface area (Å²) >= 11 is 1.71. The van der Waals surface area contributed by atoms with Crippen LogP contribution in [0.25, 0.3) is 0 Å². The summed E-state index contributed by atoms with van der Waals surface area (Å²) in [4.78, 5) is 4.12. The van der Waals surface area contributed by atoms with E-state index in [1.54, 1.807) is 31.1 Å². The molecule has 0 aliphatic heterocycles. The maximum absolute atomic E-state index is 9.81. The van der Waals surface area contributed by atoms with Crippen LogP contribution in [0.4, 0.5) is 0 Å². The van der Waals surface area contributed by atoms with Crippen molar-refractivity contribution in [3.05, 3.63) is 24.0 Å². The summed E-state index contributed by atoms with van der Waals surface area (Å²) < 4.78 is 5.12. The zero-order valence-corrected chi connectivity index (χ0v) is 9.25. The summed E-state index contributed by atoms with van der Waals surface area (Å²) in [6.45, 7) is 0. The zero-order chi connectivity index (χ0) is 10.4. The molecule has 0 bridgehead atoms. The Balaban J connectivity index is 2.72. The van der Waals surface area contributed by atoms with Gasteiger partial charge in [0, 0.05) is 6.20 Å². The molecule has 0 spiro atoms. The molecule has 1 unspecified atom stereocenters. The number of rotatable bonds is 5. The van der Waals surface area contributed by atoms with Crippen molar-refractivity contribution >= 4 is 11.8 Å². The number of thioether (sulfide) groups is 1. The second-order valence-electron chi connectivity index (χ2n) is 2.89. The highest BCUT2D eigenvalue weighted by Gasteiger charge is 2.13. The van der Waals surface area contributed by atoms with Gasteiger partial charge in [0.05, 0.1) is 7.11 Å². The maximum Gasteiger partial charge on any atom is 0.143 e. The van der Waals surface area contributed by atoms with Gasteiger partial charge in [0.2, 0.25) is 0 Å². The van der Waals surface area contributed by atoms with Crippen LogP contribution in [0, 0.1) is 0 Å². The molecule has 78 valence electrons. The minimum Gasteiger partial charge on any atom is -0.495 e. The highest BCUT2D eigenvalue weighted by atomic mass is 32.2. The molecule has 0 aromatic carbocycles.